The minimum absolute atomic E-state index is 0.0718. The quantitative estimate of drug-likeness (QED) is 0.875. The Kier molecular flexibility index (Phi) is 5.08. The summed E-state index contributed by atoms with van der Waals surface area (Å²) in [6.45, 7) is 0. The first-order valence-corrected chi connectivity index (χ1v) is 6.90. The highest BCUT2D eigenvalue weighted by molar-refractivity contribution is 6.32. The molecule has 2 aromatic rings. The Hall–Kier alpha value is -2.73. The van der Waals surface area contributed by atoms with E-state index in [1.165, 1.54) is 44.6 Å². The Morgan fingerprint density at radius 1 is 1.09 bits per heavy atom. The molecule has 0 spiro atoms. The van der Waals surface area contributed by atoms with Gasteiger partial charge in [0.15, 0.2) is 0 Å². The maximum Gasteiger partial charge on any atom is 0.335 e. The van der Waals surface area contributed by atoms with Crippen molar-refractivity contribution in [1.29, 1.82) is 0 Å². The third-order valence-electron chi connectivity index (χ3n) is 3.09. The molecular formula is C16H14ClNO5. The zero-order valence-electron chi connectivity index (χ0n) is 12.4. The van der Waals surface area contributed by atoms with Crippen LogP contribution in [0.5, 0.6) is 11.5 Å². The van der Waals surface area contributed by atoms with Gasteiger partial charge in [-0.05, 0) is 24.3 Å². The van der Waals surface area contributed by atoms with E-state index in [9.17, 15) is 9.59 Å². The molecule has 0 saturated carbocycles. The molecule has 0 bridgehead atoms. The van der Waals surface area contributed by atoms with Crippen molar-refractivity contribution in [2.75, 3.05) is 19.5 Å². The van der Waals surface area contributed by atoms with Gasteiger partial charge in [0.05, 0.1) is 30.4 Å². The van der Waals surface area contributed by atoms with E-state index in [-0.39, 0.29) is 21.9 Å². The smallest absolute Gasteiger partial charge is 0.335 e. The summed E-state index contributed by atoms with van der Waals surface area (Å²) in [4.78, 5) is 23.3. The predicted octanol–water partition coefficient (Wildman–Crippen LogP) is 3.31. The van der Waals surface area contributed by atoms with Gasteiger partial charge in [-0.25, -0.2) is 4.79 Å². The van der Waals surface area contributed by atoms with Gasteiger partial charge in [-0.15, -0.1) is 0 Å². The van der Waals surface area contributed by atoms with Crippen molar-refractivity contribution in [2.45, 2.75) is 0 Å². The Morgan fingerprint density at radius 3 is 2.39 bits per heavy atom. The zero-order chi connectivity index (χ0) is 17.0. The van der Waals surface area contributed by atoms with E-state index in [4.69, 9.17) is 26.2 Å². The highest BCUT2D eigenvalue weighted by Gasteiger charge is 2.17. The fourth-order valence-electron chi connectivity index (χ4n) is 1.97. The molecule has 2 aromatic carbocycles. The van der Waals surface area contributed by atoms with Crippen LogP contribution in [0.4, 0.5) is 5.69 Å². The van der Waals surface area contributed by atoms with E-state index in [1.807, 2.05) is 0 Å². The number of hydrogen-bond acceptors (Lipinski definition) is 4. The lowest BCUT2D eigenvalue weighted by atomic mass is 10.1. The van der Waals surface area contributed by atoms with Crippen LogP contribution >= 0.6 is 11.6 Å². The second-order valence-electron chi connectivity index (χ2n) is 4.53. The summed E-state index contributed by atoms with van der Waals surface area (Å²) in [7, 11) is 2.88. The minimum Gasteiger partial charge on any atom is -0.496 e. The molecular weight excluding hydrogens is 322 g/mol. The van der Waals surface area contributed by atoms with Crippen LogP contribution in [0.2, 0.25) is 5.02 Å². The number of benzene rings is 2. The van der Waals surface area contributed by atoms with E-state index in [0.717, 1.165) is 0 Å². The summed E-state index contributed by atoms with van der Waals surface area (Å²) >= 11 is 6.03. The second kappa shape index (κ2) is 7.02. The van der Waals surface area contributed by atoms with E-state index < -0.39 is 11.9 Å². The largest absolute Gasteiger partial charge is 0.496 e. The number of ether oxygens (including phenoxy) is 2. The van der Waals surface area contributed by atoms with Crippen LogP contribution in [-0.4, -0.2) is 31.2 Å². The Balaban J connectivity index is 2.32. The number of carbonyl (C=O) groups is 2. The minimum atomic E-state index is -1.08. The van der Waals surface area contributed by atoms with Crippen LogP contribution in [0, 0.1) is 0 Å². The van der Waals surface area contributed by atoms with E-state index >= 15 is 0 Å². The van der Waals surface area contributed by atoms with E-state index in [1.54, 1.807) is 6.07 Å². The van der Waals surface area contributed by atoms with Gasteiger partial charge in [0.1, 0.15) is 11.5 Å². The first-order chi connectivity index (χ1) is 11.0. The number of aromatic carboxylic acids is 1. The molecule has 6 nitrogen and oxygen atoms in total. The van der Waals surface area contributed by atoms with Crippen LogP contribution in [-0.2, 0) is 0 Å². The predicted molar refractivity (Wildman–Crippen MR) is 85.9 cm³/mol. The van der Waals surface area contributed by atoms with E-state index in [2.05, 4.69) is 5.32 Å². The summed E-state index contributed by atoms with van der Waals surface area (Å²) in [5.74, 6) is -0.883. The van der Waals surface area contributed by atoms with Crippen molar-refractivity contribution in [3.63, 3.8) is 0 Å². The van der Waals surface area contributed by atoms with Crippen LogP contribution in [0.25, 0.3) is 0 Å². The number of carbonyl (C=O) groups excluding carboxylic acids is 1. The lowest BCUT2D eigenvalue weighted by molar-refractivity contribution is 0.0696. The maximum absolute atomic E-state index is 12.4. The third-order valence-corrected chi connectivity index (χ3v) is 3.38. The molecule has 0 heterocycles. The molecule has 0 saturated heterocycles. The number of hydrogen-bond donors (Lipinski definition) is 2. The lowest BCUT2D eigenvalue weighted by Crippen LogP contribution is -2.14. The molecule has 23 heavy (non-hydrogen) atoms. The molecule has 2 N–H and O–H groups in total. The Morgan fingerprint density at radius 2 is 1.78 bits per heavy atom. The van der Waals surface area contributed by atoms with Crippen LogP contribution in [0.15, 0.2) is 36.4 Å². The first-order valence-electron chi connectivity index (χ1n) is 6.52. The number of nitrogens with one attached hydrogen (secondary N) is 1. The summed E-state index contributed by atoms with van der Waals surface area (Å²) < 4.78 is 10.2. The first kappa shape index (κ1) is 16.6. The third kappa shape index (κ3) is 3.73. The Labute approximate surface area is 137 Å². The Bertz CT molecular complexity index is 760. The van der Waals surface area contributed by atoms with Crippen LogP contribution < -0.4 is 14.8 Å². The van der Waals surface area contributed by atoms with Gasteiger partial charge in [0, 0.05) is 11.8 Å². The summed E-state index contributed by atoms with van der Waals surface area (Å²) in [6, 6.07) is 8.85. The molecule has 0 aliphatic rings. The fourth-order valence-corrected chi connectivity index (χ4v) is 2.21. The highest BCUT2D eigenvalue weighted by atomic mass is 35.5. The molecule has 0 aromatic heterocycles. The van der Waals surface area contributed by atoms with Crippen molar-refractivity contribution >= 4 is 29.2 Å². The normalized spacial score (nSPS) is 10.0. The standard InChI is InChI=1S/C16H14ClNO5/c1-22-13-8-14(23-2)12(17)7-11(13)15(19)18-10-5-3-4-9(6-10)16(20)21/h3-8H,1-2H3,(H,18,19)(H,20,21). The highest BCUT2D eigenvalue weighted by Crippen LogP contribution is 2.33. The number of rotatable bonds is 5. The molecule has 0 aliphatic carbocycles. The van der Waals surface area contributed by atoms with Gasteiger partial charge in [-0.3, -0.25) is 4.79 Å². The number of carboxylic acids is 1. The van der Waals surface area contributed by atoms with Gasteiger partial charge in [0.25, 0.3) is 5.91 Å². The average molecular weight is 336 g/mol. The molecule has 7 heteroatoms. The summed E-state index contributed by atoms with van der Waals surface area (Å²) in [5, 5.41) is 11.8. The molecule has 1 amide bonds. The number of halogens is 1. The van der Waals surface area contributed by atoms with Crippen LogP contribution in [0.1, 0.15) is 20.7 Å². The summed E-state index contributed by atoms with van der Waals surface area (Å²) in [6.07, 6.45) is 0. The molecule has 0 unspecified atom stereocenters. The summed E-state index contributed by atoms with van der Waals surface area (Å²) in [5.41, 5.74) is 0.630. The number of methoxy groups -OCH3 is 2. The molecule has 0 aliphatic heterocycles. The van der Waals surface area contributed by atoms with Crippen molar-refractivity contribution in [3.05, 3.63) is 52.5 Å². The maximum atomic E-state index is 12.4. The topological polar surface area (TPSA) is 84.9 Å². The van der Waals surface area contributed by atoms with E-state index in [0.29, 0.717) is 11.4 Å². The monoisotopic (exact) mass is 335 g/mol. The lowest BCUT2D eigenvalue weighted by Gasteiger charge is -2.12. The number of anilines is 1. The average Bonchev–Trinajstić information content (AvgIpc) is 2.54. The van der Waals surface area contributed by atoms with Crippen molar-refractivity contribution in [3.8, 4) is 11.5 Å². The van der Waals surface area contributed by atoms with Gasteiger partial charge < -0.3 is 19.9 Å². The molecule has 0 radical (unpaired) electrons. The van der Waals surface area contributed by atoms with Crippen molar-refractivity contribution in [1.82, 2.24) is 0 Å². The molecule has 120 valence electrons. The second-order valence-corrected chi connectivity index (χ2v) is 4.93. The van der Waals surface area contributed by atoms with Crippen LogP contribution in [0.3, 0.4) is 0 Å². The molecule has 0 atom stereocenters. The number of amides is 1. The number of carboxylic acid groups (broad SMARTS) is 1. The zero-order valence-corrected chi connectivity index (χ0v) is 13.2. The van der Waals surface area contributed by atoms with Crippen molar-refractivity contribution < 1.29 is 24.2 Å². The molecule has 0 fully saturated rings. The molecule has 2 rings (SSSR count). The van der Waals surface area contributed by atoms with Crippen molar-refractivity contribution in [2.24, 2.45) is 0 Å². The fraction of sp³-hybridized carbons (Fsp3) is 0.125. The van der Waals surface area contributed by atoms with Gasteiger partial charge >= 0.3 is 5.97 Å². The van der Waals surface area contributed by atoms with Gasteiger partial charge in [0.2, 0.25) is 0 Å². The van der Waals surface area contributed by atoms with Gasteiger partial charge in [-0.1, -0.05) is 17.7 Å². The SMILES string of the molecule is COc1cc(OC)c(C(=O)Nc2cccc(C(=O)O)c2)cc1Cl. The van der Waals surface area contributed by atoms with Gasteiger partial charge in [-0.2, -0.15) is 0 Å².